The number of nitrogens with two attached hydrogens (primary N) is 1. The van der Waals surface area contributed by atoms with Gasteiger partial charge in [0, 0.05) is 18.8 Å². The normalized spacial score (nSPS) is 16.4. The summed E-state index contributed by atoms with van der Waals surface area (Å²) in [6, 6.07) is 8.10. The molecule has 0 saturated carbocycles. The molecule has 1 aliphatic rings. The molecule has 0 aromatic heterocycles. The minimum absolute atomic E-state index is 0.0293. The summed E-state index contributed by atoms with van der Waals surface area (Å²) in [5.41, 5.74) is 7.20. The molecule has 110 valence electrons. The number of hydrogen-bond donors (Lipinski definition) is 2. The van der Waals surface area contributed by atoms with Crippen LogP contribution in [0.4, 0.5) is 5.69 Å². The summed E-state index contributed by atoms with van der Waals surface area (Å²) in [6.45, 7) is 7.37. The Bertz CT molecular complexity index is 465. The number of hydrogen-bond acceptors (Lipinski definition) is 3. The van der Waals surface area contributed by atoms with Crippen molar-refractivity contribution in [3.05, 3.63) is 29.8 Å². The zero-order valence-electron chi connectivity index (χ0n) is 12.5. The maximum absolute atomic E-state index is 12.1. The summed E-state index contributed by atoms with van der Waals surface area (Å²) in [7, 11) is 0. The van der Waals surface area contributed by atoms with Crippen LogP contribution in [0.2, 0.25) is 0 Å². The number of benzene rings is 1. The molecule has 2 rings (SSSR count). The van der Waals surface area contributed by atoms with Gasteiger partial charge in [0.05, 0.1) is 5.41 Å². The number of amides is 1. The molecule has 3 N–H and O–H groups in total. The fourth-order valence-electron chi connectivity index (χ4n) is 2.34. The molecule has 0 aliphatic carbocycles. The summed E-state index contributed by atoms with van der Waals surface area (Å²) < 4.78 is 0. The van der Waals surface area contributed by atoms with Crippen LogP contribution >= 0.6 is 0 Å². The lowest BCUT2D eigenvalue weighted by Crippen LogP contribution is -2.37. The van der Waals surface area contributed by atoms with Gasteiger partial charge in [-0.2, -0.15) is 0 Å². The van der Waals surface area contributed by atoms with E-state index in [-0.39, 0.29) is 5.91 Å². The first-order chi connectivity index (χ1) is 9.51. The molecule has 20 heavy (non-hydrogen) atoms. The third kappa shape index (κ3) is 3.81. The Morgan fingerprint density at radius 1 is 1.35 bits per heavy atom. The van der Waals surface area contributed by atoms with Crippen LogP contribution < -0.4 is 11.1 Å². The van der Waals surface area contributed by atoms with E-state index in [1.54, 1.807) is 0 Å². The first-order valence-electron chi connectivity index (χ1n) is 7.34. The molecule has 1 amide bonds. The molecule has 4 nitrogen and oxygen atoms in total. The van der Waals surface area contributed by atoms with Gasteiger partial charge in [-0.15, -0.1) is 0 Å². The van der Waals surface area contributed by atoms with Crippen molar-refractivity contribution < 1.29 is 4.79 Å². The van der Waals surface area contributed by atoms with Crippen LogP contribution in [0, 0.1) is 5.41 Å². The molecule has 0 bridgehead atoms. The van der Waals surface area contributed by atoms with E-state index in [1.807, 2.05) is 26.0 Å². The number of carbonyl (C=O) groups excluding carboxylic acids is 1. The number of likely N-dealkylation sites (tertiary alicyclic amines) is 1. The van der Waals surface area contributed by atoms with Crippen molar-refractivity contribution in [1.29, 1.82) is 0 Å². The summed E-state index contributed by atoms with van der Waals surface area (Å²) >= 11 is 0. The van der Waals surface area contributed by atoms with E-state index in [0.717, 1.165) is 12.2 Å². The summed E-state index contributed by atoms with van der Waals surface area (Å²) in [5, 5.41) is 2.96. The Kier molecular flexibility index (Phi) is 4.78. The minimum atomic E-state index is -0.537. The van der Waals surface area contributed by atoms with Crippen LogP contribution in [0.5, 0.6) is 0 Å². The molecular formula is C16H25N3O. The van der Waals surface area contributed by atoms with Gasteiger partial charge in [0.2, 0.25) is 5.91 Å². The monoisotopic (exact) mass is 275 g/mol. The van der Waals surface area contributed by atoms with E-state index in [1.165, 1.54) is 31.5 Å². The van der Waals surface area contributed by atoms with Crippen molar-refractivity contribution in [2.24, 2.45) is 11.1 Å². The Morgan fingerprint density at radius 2 is 2.05 bits per heavy atom. The third-order valence-corrected chi connectivity index (χ3v) is 3.91. The highest BCUT2D eigenvalue weighted by molar-refractivity contribution is 5.95. The van der Waals surface area contributed by atoms with E-state index >= 15 is 0 Å². The summed E-state index contributed by atoms with van der Waals surface area (Å²) in [5.74, 6) is -0.0293. The molecule has 0 atom stereocenters. The molecule has 0 radical (unpaired) electrons. The first kappa shape index (κ1) is 15.0. The molecule has 0 unspecified atom stereocenters. The average molecular weight is 275 g/mol. The summed E-state index contributed by atoms with van der Waals surface area (Å²) in [6.07, 6.45) is 2.59. The Balaban J connectivity index is 2.00. The molecule has 1 fully saturated rings. The maximum atomic E-state index is 12.1. The van der Waals surface area contributed by atoms with Crippen molar-refractivity contribution >= 4 is 11.6 Å². The lowest BCUT2D eigenvalue weighted by Gasteiger charge is -2.21. The molecule has 4 heteroatoms. The Hall–Kier alpha value is -1.39. The van der Waals surface area contributed by atoms with Crippen molar-refractivity contribution in [3.63, 3.8) is 0 Å². The Morgan fingerprint density at radius 3 is 2.70 bits per heavy atom. The largest absolute Gasteiger partial charge is 0.329 e. The minimum Gasteiger partial charge on any atom is -0.329 e. The standard InChI is InChI=1S/C16H25N3O/c1-16(2,12-17)15(20)18-14-7-5-6-13(10-14)11-19-8-3-4-9-19/h5-7,10H,3-4,8-9,11-12,17H2,1-2H3,(H,18,20). The van der Waals surface area contributed by atoms with E-state index in [9.17, 15) is 4.79 Å². The first-order valence-corrected chi connectivity index (χ1v) is 7.34. The highest BCUT2D eigenvalue weighted by Gasteiger charge is 2.25. The number of anilines is 1. The second-order valence-corrected chi connectivity index (χ2v) is 6.23. The van der Waals surface area contributed by atoms with Crippen molar-refractivity contribution in [2.75, 3.05) is 25.0 Å². The smallest absolute Gasteiger partial charge is 0.231 e. The Labute approximate surface area is 121 Å². The van der Waals surface area contributed by atoms with Crippen molar-refractivity contribution in [3.8, 4) is 0 Å². The second-order valence-electron chi connectivity index (χ2n) is 6.23. The van der Waals surface area contributed by atoms with Gasteiger partial charge in [0.15, 0.2) is 0 Å². The number of rotatable bonds is 5. The van der Waals surface area contributed by atoms with E-state index in [4.69, 9.17) is 5.73 Å². The van der Waals surface area contributed by atoms with Gasteiger partial charge < -0.3 is 11.1 Å². The molecule has 1 heterocycles. The van der Waals surface area contributed by atoms with E-state index < -0.39 is 5.41 Å². The van der Waals surface area contributed by atoms with Gasteiger partial charge in [0.1, 0.15) is 0 Å². The fraction of sp³-hybridized carbons (Fsp3) is 0.562. The van der Waals surface area contributed by atoms with Gasteiger partial charge in [-0.3, -0.25) is 9.69 Å². The third-order valence-electron chi connectivity index (χ3n) is 3.91. The predicted molar refractivity (Wildman–Crippen MR) is 82.4 cm³/mol. The van der Waals surface area contributed by atoms with Crippen LogP contribution in [-0.4, -0.2) is 30.4 Å². The molecule has 0 spiro atoms. The van der Waals surface area contributed by atoms with E-state index in [2.05, 4.69) is 22.3 Å². The van der Waals surface area contributed by atoms with Crippen LogP contribution in [0.1, 0.15) is 32.3 Å². The predicted octanol–water partition coefficient (Wildman–Crippen LogP) is 2.21. The highest BCUT2D eigenvalue weighted by Crippen LogP contribution is 2.19. The summed E-state index contributed by atoms with van der Waals surface area (Å²) in [4.78, 5) is 14.6. The van der Waals surface area contributed by atoms with Gasteiger partial charge >= 0.3 is 0 Å². The van der Waals surface area contributed by atoms with Gasteiger partial charge in [0.25, 0.3) is 0 Å². The van der Waals surface area contributed by atoms with Crippen molar-refractivity contribution in [1.82, 2.24) is 4.90 Å². The lowest BCUT2D eigenvalue weighted by atomic mass is 9.92. The molecule has 1 aromatic rings. The lowest BCUT2D eigenvalue weighted by molar-refractivity contribution is -0.123. The highest BCUT2D eigenvalue weighted by atomic mass is 16.2. The molecule has 1 aromatic carbocycles. The molecule has 1 saturated heterocycles. The molecule has 1 aliphatic heterocycles. The van der Waals surface area contributed by atoms with Crippen LogP contribution in [-0.2, 0) is 11.3 Å². The van der Waals surface area contributed by atoms with Crippen LogP contribution in [0.25, 0.3) is 0 Å². The zero-order valence-corrected chi connectivity index (χ0v) is 12.5. The molecular weight excluding hydrogens is 250 g/mol. The number of nitrogens with one attached hydrogen (secondary N) is 1. The van der Waals surface area contributed by atoms with Gasteiger partial charge in [-0.25, -0.2) is 0 Å². The van der Waals surface area contributed by atoms with Gasteiger partial charge in [-0.05, 0) is 57.5 Å². The quantitative estimate of drug-likeness (QED) is 0.866. The maximum Gasteiger partial charge on any atom is 0.231 e. The van der Waals surface area contributed by atoms with Crippen molar-refractivity contribution in [2.45, 2.75) is 33.2 Å². The van der Waals surface area contributed by atoms with Crippen LogP contribution in [0.15, 0.2) is 24.3 Å². The zero-order chi connectivity index (χ0) is 14.6. The average Bonchev–Trinajstić information content (AvgIpc) is 2.92. The topological polar surface area (TPSA) is 58.4 Å². The fourth-order valence-corrected chi connectivity index (χ4v) is 2.34. The number of carbonyl (C=O) groups is 1. The number of nitrogens with zero attached hydrogens (tertiary/aromatic N) is 1. The van der Waals surface area contributed by atoms with Gasteiger partial charge in [-0.1, -0.05) is 12.1 Å². The second kappa shape index (κ2) is 6.37. The van der Waals surface area contributed by atoms with Crippen LogP contribution in [0.3, 0.4) is 0 Å². The van der Waals surface area contributed by atoms with E-state index in [0.29, 0.717) is 6.54 Å². The SMILES string of the molecule is CC(C)(CN)C(=O)Nc1cccc(CN2CCCC2)c1.